The molecule has 0 aliphatic rings. The van der Waals surface area contributed by atoms with Crippen LogP contribution in [0.25, 0.3) is 22.2 Å². The van der Waals surface area contributed by atoms with Crippen molar-refractivity contribution >= 4 is 16.6 Å². The second-order valence-electron chi connectivity index (χ2n) is 7.41. The van der Waals surface area contributed by atoms with E-state index >= 15 is 0 Å². The van der Waals surface area contributed by atoms with Crippen molar-refractivity contribution in [1.82, 2.24) is 10.3 Å². The molecule has 0 amide bonds. The molecule has 0 aliphatic carbocycles. The van der Waals surface area contributed by atoms with Crippen LogP contribution < -0.4 is 10.6 Å². The number of nitrogens with one attached hydrogen (secondary N) is 2. The number of para-hydroxylation sites is 1. The molecule has 1 unspecified atom stereocenters. The fraction of sp³-hybridized carbons (Fsp3) is 0.192. The third-order valence-electron chi connectivity index (χ3n) is 5.13. The number of hydrogen-bond acceptors (Lipinski definition) is 4. The number of aliphatic hydroxyl groups excluding tert-OH is 1. The largest absolute Gasteiger partial charge is 0.390 e. The van der Waals surface area contributed by atoms with Crippen LogP contribution in [0.2, 0.25) is 0 Å². The van der Waals surface area contributed by atoms with E-state index in [1.807, 2.05) is 42.5 Å². The van der Waals surface area contributed by atoms with Crippen molar-refractivity contribution in [2.24, 2.45) is 0 Å². The molecule has 1 heterocycles. The van der Waals surface area contributed by atoms with E-state index in [0.29, 0.717) is 13.1 Å². The van der Waals surface area contributed by atoms with E-state index in [1.165, 1.54) is 5.56 Å². The Hall–Kier alpha value is -3.21. The third-order valence-corrected chi connectivity index (χ3v) is 5.13. The maximum atomic E-state index is 10.4. The van der Waals surface area contributed by atoms with Crippen molar-refractivity contribution in [1.29, 1.82) is 0 Å². The summed E-state index contributed by atoms with van der Waals surface area (Å²) >= 11 is 0. The summed E-state index contributed by atoms with van der Waals surface area (Å²) in [6.45, 7) is 1.87. The molecule has 0 spiro atoms. The summed E-state index contributed by atoms with van der Waals surface area (Å²) in [7, 11) is 0. The molecule has 3 aromatic carbocycles. The van der Waals surface area contributed by atoms with Crippen molar-refractivity contribution in [3.05, 3.63) is 96.6 Å². The molecule has 4 nitrogen and oxygen atoms in total. The highest BCUT2D eigenvalue weighted by atomic mass is 16.3. The van der Waals surface area contributed by atoms with E-state index in [2.05, 4.69) is 59.2 Å². The third kappa shape index (κ3) is 5.23. The number of rotatable bonds is 9. The van der Waals surface area contributed by atoms with Crippen molar-refractivity contribution in [2.45, 2.75) is 12.5 Å². The first-order valence-corrected chi connectivity index (χ1v) is 10.4. The van der Waals surface area contributed by atoms with Gasteiger partial charge in [0.15, 0.2) is 0 Å². The van der Waals surface area contributed by atoms with Gasteiger partial charge < -0.3 is 15.7 Å². The molecular weight excluding hydrogens is 370 g/mol. The highest BCUT2D eigenvalue weighted by Crippen LogP contribution is 2.28. The van der Waals surface area contributed by atoms with E-state index in [1.54, 1.807) is 0 Å². The van der Waals surface area contributed by atoms with Gasteiger partial charge in [0.2, 0.25) is 0 Å². The number of hydrogen-bond donors (Lipinski definition) is 3. The summed E-state index contributed by atoms with van der Waals surface area (Å²) in [6, 6.07) is 30.7. The summed E-state index contributed by atoms with van der Waals surface area (Å²) < 4.78 is 0. The lowest BCUT2D eigenvalue weighted by Gasteiger charge is -2.16. The summed E-state index contributed by atoms with van der Waals surface area (Å²) in [4.78, 5) is 4.81. The Balaban J connectivity index is 1.38. The van der Waals surface area contributed by atoms with E-state index in [9.17, 15) is 5.11 Å². The van der Waals surface area contributed by atoms with Crippen LogP contribution in [0.4, 0.5) is 5.69 Å². The minimum Gasteiger partial charge on any atom is -0.390 e. The zero-order valence-electron chi connectivity index (χ0n) is 17.0. The van der Waals surface area contributed by atoms with Crippen molar-refractivity contribution < 1.29 is 5.11 Å². The second-order valence-corrected chi connectivity index (χ2v) is 7.41. The van der Waals surface area contributed by atoms with Crippen LogP contribution in [-0.2, 0) is 6.42 Å². The molecule has 30 heavy (non-hydrogen) atoms. The van der Waals surface area contributed by atoms with Crippen LogP contribution in [0.5, 0.6) is 0 Å². The average Bonchev–Trinajstić information content (AvgIpc) is 2.81. The highest BCUT2D eigenvalue weighted by molar-refractivity contribution is 5.93. The first-order chi connectivity index (χ1) is 14.8. The topological polar surface area (TPSA) is 57.2 Å². The van der Waals surface area contributed by atoms with Gasteiger partial charge in [0.1, 0.15) is 0 Å². The smallest absolute Gasteiger partial charge is 0.0836 e. The van der Waals surface area contributed by atoms with E-state index in [4.69, 9.17) is 4.98 Å². The van der Waals surface area contributed by atoms with Gasteiger partial charge in [-0.15, -0.1) is 0 Å². The number of anilines is 1. The van der Waals surface area contributed by atoms with E-state index in [0.717, 1.165) is 40.8 Å². The fourth-order valence-corrected chi connectivity index (χ4v) is 3.52. The molecule has 3 N–H and O–H groups in total. The maximum absolute atomic E-state index is 10.4. The lowest BCUT2D eigenvalue weighted by atomic mass is 10.1. The minimum atomic E-state index is -0.479. The zero-order chi connectivity index (χ0) is 20.6. The number of pyridine rings is 1. The number of aliphatic hydroxyl groups is 1. The van der Waals surface area contributed by atoms with Gasteiger partial charge in [0.25, 0.3) is 0 Å². The quantitative estimate of drug-likeness (QED) is 0.364. The summed E-state index contributed by atoms with van der Waals surface area (Å²) in [5, 5.41) is 18.3. The van der Waals surface area contributed by atoms with Crippen molar-refractivity contribution in [3.63, 3.8) is 0 Å². The molecule has 1 atom stereocenters. The Kier molecular flexibility index (Phi) is 6.70. The Bertz CT molecular complexity index is 1070. The molecule has 1 aromatic heterocycles. The van der Waals surface area contributed by atoms with Gasteiger partial charge in [-0.2, -0.15) is 0 Å². The SMILES string of the molecule is OC(CNCCc1ccccc1)CNc1cc(-c2ccccc2)nc2ccccc12. The Morgan fingerprint density at radius 3 is 2.30 bits per heavy atom. The second kappa shape index (κ2) is 10.0. The predicted molar refractivity (Wildman–Crippen MR) is 125 cm³/mol. The van der Waals surface area contributed by atoms with Gasteiger partial charge in [0, 0.05) is 29.7 Å². The van der Waals surface area contributed by atoms with Gasteiger partial charge in [-0.05, 0) is 30.7 Å². The van der Waals surface area contributed by atoms with Gasteiger partial charge >= 0.3 is 0 Å². The summed E-state index contributed by atoms with van der Waals surface area (Å²) in [5.41, 5.74) is 5.23. The molecule has 4 rings (SSSR count). The van der Waals surface area contributed by atoms with Crippen LogP contribution in [0, 0.1) is 0 Å². The van der Waals surface area contributed by atoms with Gasteiger partial charge in [-0.1, -0.05) is 78.9 Å². The molecule has 0 fully saturated rings. The molecular formula is C26H27N3O. The standard InChI is InChI=1S/C26H27N3O/c30-22(18-27-16-15-20-9-3-1-4-10-20)19-28-26-17-25(21-11-5-2-6-12-21)29-24-14-8-7-13-23(24)26/h1-14,17,22,27,30H,15-16,18-19H2,(H,28,29). The monoisotopic (exact) mass is 397 g/mol. The Labute approximate surface area is 177 Å². The van der Waals surface area contributed by atoms with Gasteiger partial charge in [-0.3, -0.25) is 0 Å². The minimum absolute atomic E-state index is 0.473. The average molecular weight is 398 g/mol. The van der Waals surface area contributed by atoms with Crippen LogP contribution >= 0.6 is 0 Å². The van der Waals surface area contributed by atoms with E-state index < -0.39 is 6.10 Å². The number of fused-ring (bicyclic) bond motifs is 1. The van der Waals surface area contributed by atoms with E-state index in [-0.39, 0.29) is 0 Å². The number of benzene rings is 3. The molecule has 0 aliphatic heterocycles. The van der Waals surface area contributed by atoms with Crippen molar-refractivity contribution in [2.75, 3.05) is 25.0 Å². The number of nitrogens with zero attached hydrogens (tertiary/aromatic N) is 1. The summed E-state index contributed by atoms with van der Waals surface area (Å²) in [5.74, 6) is 0. The van der Waals surface area contributed by atoms with Crippen molar-refractivity contribution in [3.8, 4) is 11.3 Å². The molecule has 0 saturated carbocycles. The first kappa shape index (κ1) is 20.1. The Morgan fingerprint density at radius 2 is 1.50 bits per heavy atom. The Morgan fingerprint density at radius 1 is 0.800 bits per heavy atom. The van der Waals surface area contributed by atoms with Crippen LogP contribution in [-0.4, -0.2) is 35.8 Å². The zero-order valence-corrected chi connectivity index (χ0v) is 17.0. The molecule has 0 radical (unpaired) electrons. The first-order valence-electron chi connectivity index (χ1n) is 10.4. The van der Waals surface area contributed by atoms with Crippen LogP contribution in [0.3, 0.4) is 0 Å². The molecule has 0 saturated heterocycles. The molecule has 0 bridgehead atoms. The summed E-state index contributed by atoms with van der Waals surface area (Å²) in [6.07, 6.45) is 0.476. The highest BCUT2D eigenvalue weighted by Gasteiger charge is 2.09. The molecule has 4 aromatic rings. The van der Waals surface area contributed by atoms with Crippen LogP contribution in [0.15, 0.2) is 91.0 Å². The lowest BCUT2D eigenvalue weighted by Crippen LogP contribution is -2.33. The molecule has 4 heteroatoms. The maximum Gasteiger partial charge on any atom is 0.0836 e. The lowest BCUT2D eigenvalue weighted by molar-refractivity contribution is 0.184. The fourth-order valence-electron chi connectivity index (χ4n) is 3.52. The molecule has 152 valence electrons. The van der Waals surface area contributed by atoms with Crippen LogP contribution in [0.1, 0.15) is 5.56 Å². The predicted octanol–water partition coefficient (Wildman–Crippen LogP) is 4.51. The van der Waals surface area contributed by atoms with Gasteiger partial charge in [-0.25, -0.2) is 4.98 Å². The normalized spacial score (nSPS) is 12.0. The number of aromatic nitrogens is 1. The van der Waals surface area contributed by atoms with Gasteiger partial charge in [0.05, 0.1) is 17.3 Å².